The van der Waals surface area contributed by atoms with E-state index in [1.165, 1.54) is 4.90 Å². The Bertz CT molecular complexity index is 449. The largest absolute Gasteiger partial charge is 0.325 e. The molecule has 0 aromatic heterocycles. The molecule has 4 bridgehead atoms. The third-order valence-corrected chi connectivity index (χ3v) is 6.08. The van der Waals surface area contributed by atoms with E-state index in [1.54, 1.807) is 0 Å². The second-order valence-corrected chi connectivity index (χ2v) is 6.16. The van der Waals surface area contributed by atoms with Crippen LogP contribution in [-0.4, -0.2) is 28.9 Å². The Morgan fingerprint density at radius 3 is 2.65 bits per heavy atom. The molecule has 92 valence electrons. The maximum atomic E-state index is 12.5. The van der Waals surface area contributed by atoms with Crippen LogP contribution < -0.4 is 5.32 Å². The predicted molar refractivity (Wildman–Crippen MR) is 61.1 cm³/mol. The number of rotatable bonds is 2. The highest BCUT2D eigenvalue weighted by molar-refractivity contribution is 6.08. The van der Waals surface area contributed by atoms with Crippen LogP contribution in [0.5, 0.6) is 0 Å². The van der Waals surface area contributed by atoms with Gasteiger partial charge in [-0.1, -0.05) is 6.92 Å². The molecule has 1 spiro atoms. The van der Waals surface area contributed by atoms with Gasteiger partial charge >= 0.3 is 6.03 Å². The molecular formula is C13H18N2O2. The summed E-state index contributed by atoms with van der Waals surface area (Å²) in [5.74, 6) is 1.62. The van der Waals surface area contributed by atoms with E-state index in [2.05, 4.69) is 12.2 Å². The molecule has 5 unspecified atom stereocenters. The van der Waals surface area contributed by atoms with Crippen LogP contribution in [0.4, 0.5) is 4.79 Å². The number of carbonyl (C=O) groups is 2. The first-order chi connectivity index (χ1) is 8.11. The van der Waals surface area contributed by atoms with E-state index in [1.807, 2.05) is 6.92 Å². The fourth-order valence-electron chi connectivity index (χ4n) is 5.46. The highest BCUT2D eigenvalue weighted by Crippen LogP contribution is 2.84. The zero-order chi connectivity index (χ0) is 12.0. The summed E-state index contributed by atoms with van der Waals surface area (Å²) in [4.78, 5) is 25.8. The average molecular weight is 234 g/mol. The van der Waals surface area contributed by atoms with Crippen LogP contribution in [0.25, 0.3) is 0 Å². The van der Waals surface area contributed by atoms with Gasteiger partial charge in [0.25, 0.3) is 5.91 Å². The van der Waals surface area contributed by atoms with Gasteiger partial charge in [0.1, 0.15) is 5.54 Å². The first kappa shape index (κ1) is 9.92. The molecule has 3 amide bonds. The minimum atomic E-state index is -0.492. The summed E-state index contributed by atoms with van der Waals surface area (Å²) in [6, 6.07) is -0.165. The molecular weight excluding hydrogens is 216 g/mol. The van der Waals surface area contributed by atoms with E-state index in [0.29, 0.717) is 29.7 Å². The monoisotopic (exact) mass is 234 g/mol. The highest BCUT2D eigenvalue weighted by atomic mass is 16.2. The summed E-state index contributed by atoms with van der Waals surface area (Å²) < 4.78 is 0. The van der Waals surface area contributed by atoms with Gasteiger partial charge in [0.2, 0.25) is 0 Å². The number of carbonyl (C=O) groups excluding carboxylic acids is 2. The Labute approximate surface area is 101 Å². The van der Waals surface area contributed by atoms with Gasteiger partial charge in [-0.05, 0) is 43.4 Å². The van der Waals surface area contributed by atoms with Crippen molar-refractivity contribution in [2.45, 2.75) is 38.6 Å². The van der Waals surface area contributed by atoms with Crippen LogP contribution >= 0.6 is 0 Å². The lowest BCUT2D eigenvalue weighted by atomic mass is 9.88. The maximum Gasteiger partial charge on any atom is 0.325 e. The molecule has 4 nitrogen and oxygen atoms in total. The Hall–Kier alpha value is -1.06. The first-order valence-corrected chi connectivity index (χ1v) is 6.76. The zero-order valence-corrected chi connectivity index (χ0v) is 10.3. The van der Waals surface area contributed by atoms with Gasteiger partial charge in [0.05, 0.1) is 0 Å². The summed E-state index contributed by atoms with van der Waals surface area (Å²) in [5.41, 5.74) is -0.0921. The normalized spacial score (nSPS) is 53.8. The first-order valence-electron chi connectivity index (χ1n) is 6.76. The molecule has 5 fully saturated rings. The number of hydrogen-bond acceptors (Lipinski definition) is 2. The van der Waals surface area contributed by atoms with Crippen LogP contribution in [0.3, 0.4) is 0 Å². The Morgan fingerprint density at radius 2 is 2.18 bits per heavy atom. The summed E-state index contributed by atoms with van der Waals surface area (Å²) >= 11 is 0. The molecule has 5 atom stereocenters. The van der Waals surface area contributed by atoms with E-state index in [9.17, 15) is 9.59 Å². The lowest BCUT2D eigenvalue weighted by Gasteiger charge is -2.25. The van der Waals surface area contributed by atoms with E-state index < -0.39 is 5.54 Å². The fraction of sp³-hybridized carbons (Fsp3) is 0.846. The molecule has 4 heteroatoms. The van der Waals surface area contributed by atoms with Crippen LogP contribution in [0.1, 0.15) is 33.1 Å². The summed E-state index contributed by atoms with van der Waals surface area (Å²) in [7, 11) is 0. The maximum absolute atomic E-state index is 12.5. The van der Waals surface area contributed by atoms with Crippen molar-refractivity contribution < 1.29 is 9.59 Å². The Kier molecular flexibility index (Phi) is 1.47. The predicted octanol–water partition coefficient (Wildman–Crippen LogP) is 1.36. The summed E-state index contributed by atoms with van der Waals surface area (Å²) in [6.45, 7) is 4.60. The number of amides is 3. The number of nitrogens with zero attached hydrogens (tertiary/aromatic N) is 1. The van der Waals surface area contributed by atoms with E-state index in [4.69, 9.17) is 0 Å². The molecule has 4 saturated carbocycles. The van der Waals surface area contributed by atoms with Gasteiger partial charge in [-0.25, -0.2) is 4.79 Å². The lowest BCUT2D eigenvalue weighted by molar-refractivity contribution is -0.132. The van der Waals surface area contributed by atoms with Crippen LogP contribution in [0.15, 0.2) is 0 Å². The van der Waals surface area contributed by atoms with Crippen molar-refractivity contribution >= 4 is 11.9 Å². The van der Waals surface area contributed by atoms with Gasteiger partial charge in [-0.3, -0.25) is 9.69 Å². The number of urea groups is 1. The molecule has 0 radical (unpaired) electrons. The van der Waals surface area contributed by atoms with Crippen LogP contribution in [0.2, 0.25) is 0 Å². The molecule has 5 aliphatic rings. The molecule has 5 rings (SSSR count). The van der Waals surface area contributed by atoms with Gasteiger partial charge in [0, 0.05) is 12.5 Å². The number of nitrogens with one attached hydrogen (secondary N) is 1. The van der Waals surface area contributed by atoms with Crippen LogP contribution in [0, 0.1) is 23.2 Å². The van der Waals surface area contributed by atoms with Gasteiger partial charge < -0.3 is 5.32 Å². The van der Waals surface area contributed by atoms with Gasteiger partial charge in [0.15, 0.2) is 0 Å². The van der Waals surface area contributed by atoms with Crippen molar-refractivity contribution in [1.82, 2.24) is 10.2 Å². The fourth-order valence-corrected chi connectivity index (χ4v) is 5.46. The second kappa shape index (κ2) is 2.52. The molecule has 4 aliphatic carbocycles. The average Bonchev–Trinajstić information content (AvgIpc) is 2.68. The molecule has 1 aliphatic heterocycles. The molecule has 17 heavy (non-hydrogen) atoms. The third kappa shape index (κ3) is 0.745. The van der Waals surface area contributed by atoms with E-state index in [0.717, 1.165) is 19.3 Å². The topological polar surface area (TPSA) is 49.4 Å². The number of imide groups is 1. The SMILES string of the molecule is CCN1C(=O)NC2(C1=O)C1CC3C2C3(CC)C1. The van der Waals surface area contributed by atoms with Crippen molar-refractivity contribution in [3.63, 3.8) is 0 Å². The molecule has 1 saturated heterocycles. The molecule has 1 heterocycles. The molecule has 1 N–H and O–H groups in total. The van der Waals surface area contributed by atoms with Crippen molar-refractivity contribution in [2.24, 2.45) is 23.2 Å². The third-order valence-electron chi connectivity index (χ3n) is 6.08. The lowest BCUT2D eigenvalue weighted by Crippen LogP contribution is -2.50. The van der Waals surface area contributed by atoms with Crippen molar-refractivity contribution in [2.75, 3.05) is 6.54 Å². The summed E-state index contributed by atoms with van der Waals surface area (Å²) in [5, 5.41) is 3.06. The minimum absolute atomic E-state index is 0.0651. The molecule has 0 aromatic rings. The minimum Gasteiger partial charge on any atom is -0.322 e. The Morgan fingerprint density at radius 1 is 1.41 bits per heavy atom. The van der Waals surface area contributed by atoms with Crippen molar-refractivity contribution in [3.05, 3.63) is 0 Å². The number of likely N-dealkylation sites (N-methyl/N-ethyl adjacent to an activating group) is 1. The second-order valence-electron chi connectivity index (χ2n) is 6.16. The highest BCUT2D eigenvalue weighted by Gasteiger charge is 2.87. The summed E-state index contributed by atoms with van der Waals surface area (Å²) in [6.07, 6.45) is 3.47. The quantitative estimate of drug-likeness (QED) is 0.733. The smallest absolute Gasteiger partial charge is 0.322 e. The zero-order valence-electron chi connectivity index (χ0n) is 10.3. The Balaban J connectivity index is 1.78. The standard InChI is InChI=1S/C13H18N2O2/c1-3-12-6-7-5-8(12)9(12)13(7)10(16)15(4-2)11(17)14-13/h7-9H,3-6H2,1-2H3,(H,14,17). The van der Waals surface area contributed by atoms with E-state index in [-0.39, 0.29) is 11.9 Å². The van der Waals surface area contributed by atoms with Crippen LogP contribution in [-0.2, 0) is 4.79 Å². The van der Waals surface area contributed by atoms with Crippen molar-refractivity contribution in [1.29, 1.82) is 0 Å². The molecule has 0 aromatic carbocycles. The van der Waals surface area contributed by atoms with Gasteiger partial charge in [-0.2, -0.15) is 0 Å². The number of hydrogen-bond donors (Lipinski definition) is 1. The van der Waals surface area contributed by atoms with Gasteiger partial charge in [-0.15, -0.1) is 0 Å². The van der Waals surface area contributed by atoms with E-state index >= 15 is 0 Å². The van der Waals surface area contributed by atoms with Crippen molar-refractivity contribution in [3.8, 4) is 0 Å².